The Morgan fingerprint density at radius 1 is 1.19 bits per heavy atom. The van der Waals surface area contributed by atoms with Gasteiger partial charge in [-0.3, -0.25) is 4.79 Å². The first-order valence-corrected chi connectivity index (χ1v) is 11.4. The zero-order valence-corrected chi connectivity index (χ0v) is 17.8. The van der Waals surface area contributed by atoms with Crippen LogP contribution < -0.4 is 10.5 Å². The second-order valence-corrected chi connectivity index (χ2v) is 9.22. The summed E-state index contributed by atoms with van der Waals surface area (Å²) in [5, 5.41) is 10.1. The summed E-state index contributed by atoms with van der Waals surface area (Å²) in [6.45, 7) is 1.70. The molecule has 2 aromatic carbocycles. The SMILES string of the molecule is CC(NC(=O)Cc1csc(-c2ccc(C(F)(F)F)cc2)n1)c1cccc(S(N)(=O)=O)c1. The van der Waals surface area contributed by atoms with E-state index in [0.717, 1.165) is 12.1 Å². The summed E-state index contributed by atoms with van der Waals surface area (Å²) >= 11 is 1.22. The average molecular weight is 470 g/mol. The van der Waals surface area contributed by atoms with Crippen LogP contribution in [0.3, 0.4) is 0 Å². The highest BCUT2D eigenvalue weighted by Gasteiger charge is 2.30. The second-order valence-electron chi connectivity index (χ2n) is 6.80. The van der Waals surface area contributed by atoms with Crippen molar-refractivity contribution in [3.63, 3.8) is 0 Å². The van der Waals surface area contributed by atoms with Crippen LogP contribution >= 0.6 is 11.3 Å². The van der Waals surface area contributed by atoms with Crippen molar-refractivity contribution in [2.45, 2.75) is 30.5 Å². The highest BCUT2D eigenvalue weighted by Crippen LogP contribution is 2.31. The van der Waals surface area contributed by atoms with E-state index in [1.54, 1.807) is 18.4 Å². The van der Waals surface area contributed by atoms with Crippen LogP contribution in [0.1, 0.15) is 29.8 Å². The first kappa shape index (κ1) is 22.9. The molecule has 31 heavy (non-hydrogen) atoms. The molecular formula is C20H18F3N3O3S2. The molecule has 0 radical (unpaired) electrons. The Hall–Kier alpha value is -2.76. The molecule has 0 aliphatic rings. The lowest BCUT2D eigenvalue weighted by molar-refractivity contribution is -0.137. The van der Waals surface area contributed by atoms with Gasteiger partial charge in [0.15, 0.2) is 0 Å². The standard InChI is InChI=1S/C20H18F3N3O3S2/c1-12(14-3-2-4-17(9-14)31(24,28)29)25-18(27)10-16-11-30-19(26-16)13-5-7-15(8-6-13)20(21,22)23/h2-9,11-12H,10H2,1H3,(H,25,27)(H2,24,28,29). The van der Waals surface area contributed by atoms with E-state index in [1.165, 1.54) is 41.7 Å². The third kappa shape index (κ3) is 5.90. The van der Waals surface area contributed by atoms with Crippen LogP contribution in [0.5, 0.6) is 0 Å². The molecule has 11 heteroatoms. The molecule has 1 amide bonds. The first-order chi connectivity index (χ1) is 14.4. The third-order valence-electron chi connectivity index (χ3n) is 4.42. The zero-order chi connectivity index (χ0) is 22.8. The van der Waals surface area contributed by atoms with E-state index in [-0.39, 0.29) is 17.2 Å². The Morgan fingerprint density at radius 3 is 2.48 bits per heavy atom. The number of carbonyl (C=O) groups excluding carboxylic acids is 1. The maximum Gasteiger partial charge on any atom is 0.416 e. The van der Waals surface area contributed by atoms with E-state index < -0.39 is 27.8 Å². The Bertz CT molecular complexity index is 1190. The number of primary sulfonamides is 1. The van der Waals surface area contributed by atoms with E-state index in [1.807, 2.05) is 0 Å². The number of rotatable bonds is 6. The van der Waals surface area contributed by atoms with Gasteiger partial charge in [-0.25, -0.2) is 18.5 Å². The smallest absolute Gasteiger partial charge is 0.349 e. The van der Waals surface area contributed by atoms with Gasteiger partial charge in [0.1, 0.15) is 5.01 Å². The third-order valence-corrected chi connectivity index (χ3v) is 6.27. The number of benzene rings is 2. The summed E-state index contributed by atoms with van der Waals surface area (Å²) in [5.74, 6) is -0.335. The summed E-state index contributed by atoms with van der Waals surface area (Å²) in [5.41, 5.74) is 0.831. The van der Waals surface area contributed by atoms with Crippen molar-refractivity contribution in [2.24, 2.45) is 5.14 Å². The van der Waals surface area contributed by atoms with E-state index >= 15 is 0 Å². The molecule has 0 spiro atoms. The Kier molecular flexibility index (Phi) is 6.48. The highest BCUT2D eigenvalue weighted by atomic mass is 32.2. The van der Waals surface area contributed by atoms with Crippen molar-refractivity contribution >= 4 is 27.3 Å². The minimum Gasteiger partial charge on any atom is -0.349 e. The quantitative estimate of drug-likeness (QED) is 0.572. The number of nitrogens with two attached hydrogens (primary N) is 1. The number of hydrogen-bond donors (Lipinski definition) is 2. The molecular weight excluding hydrogens is 451 g/mol. The number of aromatic nitrogens is 1. The molecule has 3 rings (SSSR count). The molecule has 3 N–H and O–H groups in total. The number of amides is 1. The molecule has 0 aliphatic heterocycles. The number of nitrogens with one attached hydrogen (secondary N) is 1. The van der Waals surface area contributed by atoms with Crippen LogP contribution in [0.2, 0.25) is 0 Å². The summed E-state index contributed by atoms with van der Waals surface area (Å²) < 4.78 is 61.0. The largest absolute Gasteiger partial charge is 0.416 e. The van der Waals surface area contributed by atoms with Crippen molar-refractivity contribution in [3.05, 3.63) is 70.7 Å². The molecule has 1 aromatic heterocycles. The molecule has 3 aromatic rings. The topological polar surface area (TPSA) is 102 Å². The molecule has 0 aliphatic carbocycles. The molecule has 1 heterocycles. The fraction of sp³-hybridized carbons (Fsp3) is 0.200. The fourth-order valence-corrected chi connectivity index (χ4v) is 4.22. The fourth-order valence-electron chi connectivity index (χ4n) is 2.82. The van der Waals surface area contributed by atoms with Gasteiger partial charge in [0, 0.05) is 10.9 Å². The van der Waals surface area contributed by atoms with E-state index in [0.29, 0.717) is 21.8 Å². The number of hydrogen-bond acceptors (Lipinski definition) is 5. The number of thiazole rings is 1. The minimum atomic E-state index is -4.41. The van der Waals surface area contributed by atoms with Crippen molar-refractivity contribution in [1.82, 2.24) is 10.3 Å². The van der Waals surface area contributed by atoms with Gasteiger partial charge in [0.25, 0.3) is 0 Å². The van der Waals surface area contributed by atoms with E-state index in [9.17, 15) is 26.4 Å². The van der Waals surface area contributed by atoms with Gasteiger partial charge >= 0.3 is 6.18 Å². The Labute approximate surface area is 181 Å². The molecule has 6 nitrogen and oxygen atoms in total. The monoisotopic (exact) mass is 469 g/mol. The first-order valence-electron chi connectivity index (χ1n) is 8.97. The Morgan fingerprint density at radius 2 is 1.87 bits per heavy atom. The lowest BCUT2D eigenvalue weighted by Gasteiger charge is -2.14. The molecule has 0 bridgehead atoms. The summed E-state index contributed by atoms with van der Waals surface area (Å²) in [7, 11) is -3.85. The average Bonchev–Trinajstić information content (AvgIpc) is 3.15. The van der Waals surface area contributed by atoms with Crippen molar-refractivity contribution in [2.75, 3.05) is 0 Å². The van der Waals surface area contributed by atoms with Crippen LogP contribution in [0, 0.1) is 0 Å². The van der Waals surface area contributed by atoms with Crippen LogP contribution in [-0.4, -0.2) is 19.3 Å². The molecule has 0 saturated heterocycles. The molecule has 164 valence electrons. The van der Waals surface area contributed by atoms with E-state index in [4.69, 9.17) is 5.14 Å². The molecule has 0 saturated carbocycles. The van der Waals surface area contributed by atoms with Gasteiger partial charge in [-0.2, -0.15) is 13.2 Å². The normalized spacial score (nSPS) is 13.1. The number of halogens is 3. The van der Waals surface area contributed by atoms with E-state index in [2.05, 4.69) is 10.3 Å². The zero-order valence-electron chi connectivity index (χ0n) is 16.2. The number of nitrogens with zero attached hydrogens (tertiary/aromatic N) is 1. The Balaban J connectivity index is 1.65. The molecule has 1 atom stereocenters. The maximum atomic E-state index is 12.7. The van der Waals surface area contributed by atoms with Gasteiger partial charge in [-0.05, 0) is 36.8 Å². The van der Waals surface area contributed by atoms with Crippen molar-refractivity contribution < 1.29 is 26.4 Å². The number of alkyl halides is 3. The van der Waals surface area contributed by atoms with Gasteiger partial charge in [-0.1, -0.05) is 24.3 Å². The van der Waals surface area contributed by atoms with Crippen LogP contribution in [-0.2, 0) is 27.4 Å². The summed E-state index contributed by atoms with van der Waals surface area (Å²) in [6, 6.07) is 10.2. The van der Waals surface area contributed by atoms with Crippen molar-refractivity contribution in [3.8, 4) is 10.6 Å². The van der Waals surface area contributed by atoms with Gasteiger partial charge < -0.3 is 5.32 Å². The van der Waals surface area contributed by atoms with Crippen LogP contribution in [0.15, 0.2) is 58.8 Å². The maximum absolute atomic E-state index is 12.7. The van der Waals surface area contributed by atoms with Gasteiger partial charge in [0.2, 0.25) is 15.9 Å². The van der Waals surface area contributed by atoms with Crippen molar-refractivity contribution in [1.29, 1.82) is 0 Å². The molecule has 0 fully saturated rings. The number of sulfonamides is 1. The molecule has 1 unspecified atom stereocenters. The van der Waals surface area contributed by atoms with Gasteiger partial charge in [-0.15, -0.1) is 11.3 Å². The lowest BCUT2D eigenvalue weighted by Crippen LogP contribution is -2.28. The lowest BCUT2D eigenvalue weighted by atomic mass is 10.1. The predicted octanol–water partition coefficient (Wildman–Crippen LogP) is 3.90. The minimum absolute atomic E-state index is 0.0314. The number of carbonyl (C=O) groups is 1. The predicted molar refractivity (Wildman–Crippen MR) is 111 cm³/mol. The van der Waals surface area contributed by atoms with Gasteiger partial charge in [0.05, 0.1) is 28.6 Å². The second kappa shape index (κ2) is 8.77. The highest BCUT2D eigenvalue weighted by molar-refractivity contribution is 7.89. The summed E-state index contributed by atoms with van der Waals surface area (Å²) in [6.07, 6.45) is -4.44. The summed E-state index contributed by atoms with van der Waals surface area (Å²) in [4.78, 5) is 16.6. The van der Waals surface area contributed by atoms with Crippen LogP contribution in [0.25, 0.3) is 10.6 Å². The van der Waals surface area contributed by atoms with Crippen LogP contribution in [0.4, 0.5) is 13.2 Å².